The van der Waals surface area contributed by atoms with Crippen LogP contribution in [0, 0.1) is 12.7 Å². The molecule has 2 aromatic rings. The largest absolute Gasteiger partial charge is 0.444 e. The average molecular weight is 266 g/mol. The van der Waals surface area contributed by atoms with Gasteiger partial charge >= 0.3 is 0 Å². The molecule has 0 bridgehead atoms. The number of rotatable bonds is 3. The number of aromatic nitrogens is 1. The van der Waals surface area contributed by atoms with Crippen LogP contribution in [0.1, 0.15) is 22.0 Å². The van der Waals surface area contributed by atoms with Crippen molar-refractivity contribution >= 4 is 18.5 Å². The van der Waals surface area contributed by atoms with Crippen molar-refractivity contribution in [2.75, 3.05) is 0 Å². The first-order chi connectivity index (χ1) is 8.56. The van der Waals surface area contributed by atoms with Gasteiger partial charge in [-0.05, 0) is 25.1 Å². The maximum atomic E-state index is 13.4. The van der Waals surface area contributed by atoms with Crippen LogP contribution in [0.15, 0.2) is 33.7 Å². The number of nitrogens with zero attached hydrogens (tertiary/aromatic N) is 1. The summed E-state index contributed by atoms with van der Waals surface area (Å²) in [7, 11) is 0. The highest BCUT2D eigenvalue weighted by Crippen LogP contribution is 2.13. The summed E-state index contributed by atoms with van der Waals surface area (Å²) in [4.78, 5) is 16.2. The summed E-state index contributed by atoms with van der Waals surface area (Å²) in [6.07, 6.45) is 1.55. The van der Waals surface area contributed by atoms with Gasteiger partial charge in [-0.3, -0.25) is 4.79 Å². The van der Waals surface area contributed by atoms with Crippen molar-refractivity contribution < 1.29 is 13.6 Å². The molecule has 0 aliphatic carbocycles. The van der Waals surface area contributed by atoms with Gasteiger partial charge in [-0.15, -0.1) is 12.6 Å². The molecule has 4 nitrogen and oxygen atoms in total. The number of carbonyl (C=O) groups is 1. The standard InChI is InChI=1S/C12H11FN2O2S/c1-7-5-14-11(17-7)6-15-12(16)9-4-8(18)2-3-10(9)13/h2-5,18H,6H2,1H3,(H,15,16). The molecule has 0 unspecified atom stereocenters. The predicted octanol–water partition coefficient (Wildman–Crippen LogP) is 2.34. The van der Waals surface area contributed by atoms with E-state index in [1.807, 2.05) is 0 Å². The molecule has 1 aromatic heterocycles. The van der Waals surface area contributed by atoms with Crippen LogP contribution in [0.3, 0.4) is 0 Å². The number of carbonyl (C=O) groups excluding carboxylic acids is 1. The van der Waals surface area contributed by atoms with Gasteiger partial charge in [0.2, 0.25) is 5.89 Å². The summed E-state index contributed by atoms with van der Waals surface area (Å²) < 4.78 is 18.6. The van der Waals surface area contributed by atoms with Crippen LogP contribution >= 0.6 is 12.6 Å². The number of aryl methyl sites for hydroxylation is 1. The second-order valence-corrected chi connectivity index (χ2v) is 4.23. The fourth-order valence-corrected chi connectivity index (χ4v) is 1.63. The van der Waals surface area contributed by atoms with Gasteiger partial charge in [-0.2, -0.15) is 0 Å². The second kappa shape index (κ2) is 5.22. The first-order valence-electron chi connectivity index (χ1n) is 5.24. The van der Waals surface area contributed by atoms with Crippen molar-refractivity contribution in [3.63, 3.8) is 0 Å². The van der Waals surface area contributed by atoms with Crippen molar-refractivity contribution in [2.45, 2.75) is 18.4 Å². The van der Waals surface area contributed by atoms with E-state index in [4.69, 9.17) is 4.42 Å². The molecule has 0 aliphatic heterocycles. The van der Waals surface area contributed by atoms with Crippen molar-refractivity contribution in [3.05, 3.63) is 47.4 Å². The number of nitrogens with one attached hydrogen (secondary N) is 1. The molecule has 94 valence electrons. The zero-order chi connectivity index (χ0) is 13.1. The predicted molar refractivity (Wildman–Crippen MR) is 66.1 cm³/mol. The molecule has 1 heterocycles. The molecule has 0 radical (unpaired) electrons. The lowest BCUT2D eigenvalue weighted by molar-refractivity contribution is 0.0943. The molecule has 1 N–H and O–H groups in total. The Morgan fingerprint density at radius 2 is 2.33 bits per heavy atom. The Balaban J connectivity index is 2.05. The summed E-state index contributed by atoms with van der Waals surface area (Å²) in [5, 5.41) is 2.53. The zero-order valence-corrected chi connectivity index (χ0v) is 10.5. The third kappa shape index (κ3) is 2.89. The van der Waals surface area contributed by atoms with Crippen LogP contribution in [0.2, 0.25) is 0 Å². The van der Waals surface area contributed by atoms with Crippen LogP contribution in [-0.2, 0) is 6.54 Å². The lowest BCUT2D eigenvalue weighted by Gasteiger charge is -2.04. The Bertz CT molecular complexity index is 583. The van der Waals surface area contributed by atoms with Gasteiger partial charge < -0.3 is 9.73 Å². The van der Waals surface area contributed by atoms with Crippen molar-refractivity contribution in [1.82, 2.24) is 10.3 Å². The van der Waals surface area contributed by atoms with Crippen molar-refractivity contribution in [3.8, 4) is 0 Å². The Labute approximate surface area is 109 Å². The Morgan fingerprint density at radius 3 is 3.00 bits per heavy atom. The van der Waals surface area contributed by atoms with Gasteiger partial charge in [0.1, 0.15) is 11.6 Å². The van der Waals surface area contributed by atoms with Gasteiger partial charge in [-0.25, -0.2) is 9.37 Å². The minimum Gasteiger partial charge on any atom is -0.444 e. The van der Waals surface area contributed by atoms with Gasteiger partial charge in [0.05, 0.1) is 18.3 Å². The van der Waals surface area contributed by atoms with Crippen LogP contribution in [0.25, 0.3) is 0 Å². The van der Waals surface area contributed by atoms with Gasteiger partial charge in [0.15, 0.2) is 0 Å². The molecule has 0 spiro atoms. The SMILES string of the molecule is Cc1cnc(CNC(=O)c2cc(S)ccc2F)o1. The fourth-order valence-electron chi connectivity index (χ4n) is 1.42. The van der Waals surface area contributed by atoms with Crippen molar-refractivity contribution in [2.24, 2.45) is 0 Å². The molecular formula is C12H11FN2O2S. The fraction of sp³-hybridized carbons (Fsp3) is 0.167. The maximum Gasteiger partial charge on any atom is 0.254 e. The molecule has 0 aliphatic rings. The van der Waals surface area contributed by atoms with E-state index in [2.05, 4.69) is 22.9 Å². The Morgan fingerprint density at radius 1 is 1.56 bits per heavy atom. The Hall–Kier alpha value is -1.82. The minimum absolute atomic E-state index is 0.0502. The number of amides is 1. The number of hydrogen-bond acceptors (Lipinski definition) is 4. The smallest absolute Gasteiger partial charge is 0.254 e. The number of hydrogen-bond donors (Lipinski definition) is 2. The monoisotopic (exact) mass is 266 g/mol. The molecule has 18 heavy (non-hydrogen) atoms. The van der Waals surface area contributed by atoms with Crippen LogP contribution in [0.5, 0.6) is 0 Å². The summed E-state index contributed by atoms with van der Waals surface area (Å²) in [5.74, 6) is -0.0841. The number of halogens is 1. The molecule has 0 atom stereocenters. The van der Waals surface area contributed by atoms with E-state index in [1.165, 1.54) is 18.2 Å². The normalized spacial score (nSPS) is 10.4. The van der Waals surface area contributed by atoms with Gasteiger partial charge in [0, 0.05) is 4.90 Å². The molecule has 1 aromatic carbocycles. The summed E-state index contributed by atoms with van der Waals surface area (Å²) in [5.41, 5.74) is -0.0502. The van der Waals surface area contributed by atoms with Crippen molar-refractivity contribution in [1.29, 1.82) is 0 Å². The van der Waals surface area contributed by atoms with Gasteiger partial charge in [-0.1, -0.05) is 0 Å². The lowest BCUT2D eigenvalue weighted by Crippen LogP contribution is -2.24. The number of oxazole rings is 1. The third-order valence-corrected chi connectivity index (χ3v) is 2.54. The van der Waals surface area contributed by atoms with E-state index in [0.717, 1.165) is 0 Å². The van der Waals surface area contributed by atoms with Crippen LogP contribution in [-0.4, -0.2) is 10.9 Å². The number of benzene rings is 1. The molecule has 1 amide bonds. The molecular weight excluding hydrogens is 255 g/mol. The van der Waals surface area contributed by atoms with E-state index >= 15 is 0 Å². The van der Waals surface area contributed by atoms with E-state index in [0.29, 0.717) is 16.5 Å². The highest BCUT2D eigenvalue weighted by molar-refractivity contribution is 7.80. The zero-order valence-electron chi connectivity index (χ0n) is 9.61. The summed E-state index contributed by atoms with van der Waals surface area (Å²) in [6, 6.07) is 4.05. The maximum absolute atomic E-state index is 13.4. The van der Waals surface area contributed by atoms with E-state index in [9.17, 15) is 9.18 Å². The molecule has 2 rings (SSSR count). The second-order valence-electron chi connectivity index (χ2n) is 3.71. The first-order valence-corrected chi connectivity index (χ1v) is 5.69. The summed E-state index contributed by atoms with van der Waals surface area (Å²) >= 11 is 4.06. The average Bonchev–Trinajstić information content (AvgIpc) is 2.75. The lowest BCUT2D eigenvalue weighted by atomic mass is 10.2. The minimum atomic E-state index is -0.589. The first kappa shape index (κ1) is 12.6. The topological polar surface area (TPSA) is 55.1 Å². The summed E-state index contributed by atoms with van der Waals surface area (Å²) in [6.45, 7) is 1.87. The highest BCUT2D eigenvalue weighted by Gasteiger charge is 2.12. The van der Waals surface area contributed by atoms with Crippen LogP contribution in [0.4, 0.5) is 4.39 Å². The van der Waals surface area contributed by atoms with Crippen LogP contribution < -0.4 is 5.32 Å². The third-order valence-electron chi connectivity index (χ3n) is 2.26. The van der Waals surface area contributed by atoms with Gasteiger partial charge in [0.25, 0.3) is 5.91 Å². The molecule has 0 fully saturated rings. The van der Waals surface area contributed by atoms with E-state index < -0.39 is 11.7 Å². The highest BCUT2D eigenvalue weighted by atomic mass is 32.1. The van der Waals surface area contributed by atoms with E-state index in [-0.39, 0.29) is 12.1 Å². The molecule has 0 saturated carbocycles. The molecule has 6 heteroatoms. The Kier molecular flexibility index (Phi) is 3.66. The molecule has 0 saturated heterocycles. The quantitative estimate of drug-likeness (QED) is 0.838. The van der Waals surface area contributed by atoms with E-state index in [1.54, 1.807) is 13.1 Å². The number of thiol groups is 1.